The third-order valence-electron chi connectivity index (χ3n) is 4.75. The van der Waals surface area contributed by atoms with Gasteiger partial charge in [-0.1, -0.05) is 20.8 Å². The maximum Gasteiger partial charge on any atom is 0.150 e. The molecule has 0 saturated carbocycles. The summed E-state index contributed by atoms with van der Waals surface area (Å²) in [5, 5.41) is 12.6. The van der Waals surface area contributed by atoms with Crippen molar-refractivity contribution in [2.75, 3.05) is 6.54 Å². The Hall–Kier alpha value is -0.610. The quantitative estimate of drug-likeness (QED) is 0.911. The van der Waals surface area contributed by atoms with Crippen LogP contribution in [-0.4, -0.2) is 21.3 Å². The number of fused-ring (bicyclic) bond motifs is 1. The molecule has 1 aromatic heterocycles. The van der Waals surface area contributed by atoms with Gasteiger partial charge in [-0.25, -0.2) is 0 Å². The highest BCUT2D eigenvalue weighted by Gasteiger charge is 2.31. The number of aromatic nitrogens is 3. The highest BCUT2D eigenvalue weighted by molar-refractivity contribution is 5.85. The smallest absolute Gasteiger partial charge is 0.150 e. The lowest BCUT2D eigenvalue weighted by atomic mass is 9.95. The molecule has 114 valence electrons. The van der Waals surface area contributed by atoms with Gasteiger partial charge < -0.3 is 9.88 Å². The molecule has 1 fully saturated rings. The Kier molecular flexibility index (Phi) is 5.08. The van der Waals surface area contributed by atoms with Gasteiger partial charge in [0.25, 0.3) is 0 Å². The van der Waals surface area contributed by atoms with Gasteiger partial charge >= 0.3 is 0 Å². The predicted octanol–water partition coefficient (Wildman–Crippen LogP) is 3.29. The zero-order valence-corrected chi connectivity index (χ0v) is 13.6. The van der Waals surface area contributed by atoms with Crippen molar-refractivity contribution in [2.45, 2.75) is 65.0 Å². The van der Waals surface area contributed by atoms with Crippen LogP contribution in [0.5, 0.6) is 0 Å². The minimum Gasteiger partial charge on any atom is -0.310 e. The maximum atomic E-state index is 4.54. The number of nitrogens with zero attached hydrogens (tertiary/aromatic N) is 3. The topological polar surface area (TPSA) is 42.7 Å². The Balaban J connectivity index is 0.00000147. The van der Waals surface area contributed by atoms with Crippen molar-refractivity contribution in [1.29, 1.82) is 0 Å². The van der Waals surface area contributed by atoms with E-state index in [-0.39, 0.29) is 12.4 Å². The lowest BCUT2D eigenvalue weighted by Gasteiger charge is -2.25. The van der Waals surface area contributed by atoms with E-state index in [0.717, 1.165) is 18.9 Å². The van der Waals surface area contributed by atoms with Crippen LogP contribution in [-0.2, 0) is 6.42 Å². The second-order valence-corrected chi connectivity index (χ2v) is 6.69. The van der Waals surface area contributed by atoms with E-state index in [1.807, 2.05) is 0 Å². The minimum atomic E-state index is 0. The number of rotatable bonds is 2. The molecule has 1 N–H and O–H groups in total. The predicted molar refractivity (Wildman–Crippen MR) is 83.2 cm³/mol. The standard InChI is InChI=1S/C15H26N4.ClH/c1-10(2)13-7-6-11(3)9-14-17-18-15(19(13)14)12-5-4-8-16-12;/h10-13,16H,4-9H2,1-3H3;1H/t11-,12+,13+;/m1./s1. The van der Waals surface area contributed by atoms with Crippen molar-refractivity contribution in [1.82, 2.24) is 20.1 Å². The molecule has 1 aromatic rings. The first kappa shape index (κ1) is 15.8. The van der Waals surface area contributed by atoms with Gasteiger partial charge in [0.05, 0.1) is 6.04 Å². The fourth-order valence-corrected chi connectivity index (χ4v) is 3.61. The third kappa shape index (κ3) is 2.86. The third-order valence-corrected chi connectivity index (χ3v) is 4.75. The summed E-state index contributed by atoms with van der Waals surface area (Å²) in [4.78, 5) is 0. The molecule has 0 spiro atoms. The fourth-order valence-electron chi connectivity index (χ4n) is 3.61. The van der Waals surface area contributed by atoms with E-state index < -0.39 is 0 Å². The van der Waals surface area contributed by atoms with Crippen LogP contribution in [0.2, 0.25) is 0 Å². The van der Waals surface area contributed by atoms with E-state index in [0.29, 0.717) is 18.0 Å². The highest BCUT2D eigenvalue weighted by atomic mass is 35.5. The van der Waals surface area contributed by atoms with Crippen LogP contribution in [0.15, 0.2) is 0 Å². The molecular weight excluding hydrogens is 272 g/mol. The summed E-state index contributed by atoms with van der Waals surface area (Å²) in [5.41, 5.74) is 0. The molecule has 20 heavy (non-hydrogen) atoms. The molecule has 0 unspecified atom stereocenters. The number of halogens is 1. The lowest BCUT2D eigenvalue weighted by molar-refractivity contribution is 0.327. The van der Waals surface area contributed by atoms with Gasteiger partial charge in [0.2, 0.25) is 0 Å². The minimum absolute atomic E-state index is 0. The summed E-state index contributed by atoms with van der Waals surface area (Å²) < 4.78 is 2.48. The Labute approximate surface area is 128 Å². The maximum absolute atomic E-state index is 4.54. The van der Waals surface area contributed by atoms with E-state index >= 15 is 0 Å². The molecule has 0 radical (unpaired) electrons. The van der Waals surface area contributed by atoms with Crippen molar-refractivity contribution >= 4 is 12.4 Å². The first-order chi connectivity index (χ1) is 9.16. The van der Waals surface area contributed by atoms with E-state index in [2.05, 4.69) is 40.9 Å². The molecule has 5 heteroatoms. The van der Waals surface area contributed by atoms with Crippen LogP contribution in [0, 0.1) is 11.8 Å². The van der Waals surface area contributed by atoms with Crippen LogP contribution in [0.3, 0.4) is 0 Å². The van der Waals surface area contributed by atoms with Crippen molar-refractivity contribution in [2.24, 2.45) is 11.8 Å². The highest BCUT2D eigenvalue weighted by Crippen LogP contribution is 2.35. The molecule has 2 aliphatic rings. The Morgan fingerprint density at radius 2 is 2.00 bits per heavy atom. The van der Waals surface area contributed by atoms with E-state index in [1.54, 1.807) is 0 Å². The lowest BCUT2D eigenvalue weighted by Crippen LogP contribution is -2.23. The molecule has 4 nitrogen and oxygen atoms in total. The van der Waals surface area contributed by atoms with Crippen LogP contribution >= 0.6 is 12.4 Å². The molecule has 0 aromatic carbocycles. The van der Waals surface area contributed by atoms with Crippen molar-refractivity contribution in [3.8, 4) is 0 Å². The zero-order valence-electron chi connectivity index (χ0n) is 12.8. The average Bonchev–Trinajstić information content (AvgIpc) is 2.96. The average molecular weight is 299 g/mol. The molecular formula is C15H27ClN4. The van der Waals surface area contributed by atoms with Crippen LogP contribution in [0.4, 0.5) is 0 Å². The van der Waals surface area contributed by atoms with Crippen LogP contribution in [0.1, 0.15) is 70.2 Å². The number of hydrogen-bond donors (Lipinski definition) is 1. The monoisotopic (exact) mass is 298 g/mol. The molecule has 2 aliphatic heterocycles. The molecule has 3 atom stereocenters. The van der Waals surface area contributed by atoms with Gasteiger partial charge in [0, 0.05) is 12.5 Å². The van der Waals surface area contributed by atoms with Gasteiger partial charge in [0.1, 0.15) is 11.6 Å². The van der Waals surface area contributed by atoms with Gasteiger partial charge in [0.15, 0.2) is 0 Å². The Bertz CT molecular complexity index is 437. The first-order valence-corrected chi connectivity index (χ1v) is 7.84. The second kappa shape index (κ2) is 6.44. The second-order valence-electron chi connectivity index (χ2n) is 6.69. The summed E-state index contributed by atoms with van der Waals surface area (Å²) >= 11 is 0. The van der Waals surface area contributed by atoms with Gasteiger partial charge in [-0.2, -0.15) is 0 Å². The first-order valence-electron chi connectivity index (χ1n) is 7.84. The van der Waals surface area contributed by atoms with Crippen LogP contribution in [0.25, 0.3) is 0 Å². The SMILES string of the molecule is CC(C)[C@@H]1CC[C@@H](C)Cc2nnc([C@@H]3CCCN3)n21.Cl. The molecule has 1 saturated heterocycles. The van der Waals surface area contributed by atoms with Crippen molar-refractivity contribution in [3.05, 3.63) is 11.6 Å². The summed E-state index contributed by atoms with van der Waals surface area (Å²) in [7, 11) is 0. The molecule has 0 amide bonds. The summed E-state index contributed by atoms with van der Waals surface area (Å²) in [6.07, 6.45) is 6.13. The summed E-state index contributed by atoms with van der Waals surface area (Å²) in [6.45, 7) is 8.12. The summed E-state index contributed by atoms with van der Waals surface area (Å²) in [6, 6.07) is 1.00. The van der Waals surface area contributed by atoms with E-state index in [9.17, 15) is 0 Å². The zero-order chi connectivity index (χ0) is 13.4. The Morgan fingerprint density at radius 1 is 1.20 bits per heavy atom. The van der Waals surface area contributed by atoms with Gasteiger partial charge in [-0.15, -0.1) is 22.6 Å². The Morgan fingerprint density at radius 3 is 2.65 bits per heavy atom. The number of hydrogen-bond acceptors (Lipinski definition) is 3. The van der Waals surface area contributed by atoms with Gasteiger partial charge in [-0.05, 0) is 44.1 Å². The van der Waals surface area contributed by atoms with E-state index in [4.69, 9.17) is 0 Å². The number of nitrogens with one attached hydrogen (secondary N) is 1. The molecule has 3 heterocycles. The fraction of sp³-hybridized carbons (Fsp3) is 0.867. The largest absolute Gasteiger partial charge is 0.310 e. The van der Waals surface area contributed by atoms with Gasteiger partial charge in [-0.3, -0.25) is 0 Å². The van der Waals surface area contributed by atoms with E-state index in [1.165, 1.54) is 37.3 Å². The van der Waals surface area contributed by atoms with Crippen molar-refractivity contribution in [3.63, 3.8) is 0 Å². The molecule has 0 bridgehead atoms. The summed E-state index contributed by atoms with van der Waals surface area (Å²) in [5.74, 6) is 3.80. The van der Waals surface area contributed by atoms with Crippen LogP contribution < -0.4 is 5.32 Å². The van der Waals surface area contributed by atoms with Crippen molar-refractivity contribution < 1.29 is 0 Å². The molecule has 3 rings (SSSR count). The molecule has 0 aliphatic carbocycles. The normalized spacial score (nSPS) is 29.9.